The highest BCUT2D eigenvalue weighted by molar-refractivity contribution is 6.32. The van der Waals surface area contributed by atoms with Gasteiger partial charge in [0.1, 0.15) is 23.9 Å². The molecule has 0 fully saturated rings. The van der Waals surface area contributed by atoms with E-state index in [4.69, 9.17) is 25.8 Å². The van der Waals surface area contributed by atoms with Crippen molar-refractivity contribution < 1.29 is 23.8 Å². The van der Waals surface area contributed by atoms with Gasteiger partial charge in [0.15, 0.2) is 23.9 Å². The van der Waals surface area contributed by atoms with E-state index in [2.05, 4.69) is 12.0 Å². The number of carbonyl (C=O) groups is 2. The van der Waals surface area contributed by atoms with Gasteiger partial charge in [-0.05, 0) is 31.5 Å². The summed E-state index contributed by atoms with van der Waals surface area (Å²) in [7, 11) is 0. The van der Waals surface area contributed by atoms with Crippen molar-refractivity contribution in [1.82, 2.24) is 9.78 Å². The molecule has 0 aliphatic carbocycles. The number of esters is 1. The molecule has 0 N–H and O–H groups in total. The van der Waals surface area contributed by atoms with Crippen LogP contribution < -0.4 is 9.47 Å². The van der Waals surface area contributed by atoms with Crippen molar-refractivity contribution in [3.63, 3.8) is 0 Å². The molecule has 1 aromatic heterocycles. The minimum atomic E-state index is -0.661. The maximum atomic E-state index is 12.4. The van der Waals surface area contributed by atoms with Crippen LogP contribution in [0.4, 0.5) is 0 Å². The normalized spacial score (nSPS) is 12.7. The summed E-state index contributed by atoms with van der Waals surface area (Å²) in [5.41, 5.74) is 1.06. The van der Waals surface area contributed by atoms with Crippen LogP contribution in [0.3, 0.4) is 0 Å². The Morgan fingerprint density at radius 2 is 2.00 bits per heavy atom. The molecule has 0 amide bonds. The zero-order chi connectivity index (χ0) is 19.4. The number of aromatic nitrogens is 2. The Morgan fingerprint density at radius 3 is 2.74 bits per heavy atom. The second kappa shape index (κ2) is 8.43. The van der Waals surface area contributed by atoms with Gasteiger partial charge in [-0.2, -0.15) is 5.10 Å². The highest BCUT2D eigenvalue weighted by Crippen LogP contribution is 2.31. The van der Waals surface area contributed by atoms with E-state index in [0.29, 0.717) is 42.5 Å². The number of carbonyl (C=O) groups excluding carboxylic acids is 2. The minimum absolute atomic E-state index is 0.197. The summed E-state index contributed by atoms with van der Waals surface area (Å²) in [5.74, 6) is 0.102. The third-order valence-electron chi connectivity index (χ3n) is 4.19. The van der Waals surface area contributed by atoms with Crippen molar-refractivity contribution in [2.45, 2.75) is 33.2 Å². The first-order valence-electron chi connectivity index (χ1n) is 8.84. The highest BCUT2D eigenvalue weighted by Gasteiger charge is 2.23. The Bertz CT molecular complexity index is 862. The van der Waals surface area contributed by atoms with Gasteiger partial charge in [0.05, 0.1) is 5.69 Å². The van der Waals surface area contributed by atoms with Crippen molar-refractivity contribution in [2.24, 2.45) is 0 Å². The van der Waals surface area contributed by atoms with E-state index in [-0.39, 0.29) is 16.5 Å². The lowest BCUT2D eigenvalue weighted by Gasteiger charge is -2.18. The lowest BCUT2D eigenvalue weighted by molar-refractivity contribution is 0.0474. The summed E-state index contributed by atoms with van der Waals surface area (Å²) in [5, 5.41) is 4.50. The number of unbranched alkanes of at least 4 members (excludes halogenated alkanes) is 1. The third-order valence-corrected chi connectivity index (χ3v) is 4.58. The number of ether oxygens (including phenoxy) is 3. The van der Waals surface area contributed by atoms with Crippen molar-refractivity contribution in [1.29, 1.82) is 0 Å². The summed E-state index contributed by atoms with van der Waals surface area (Å²) in [6.45, 7) is 4.88. The smallest absolute Gasteiger partial charge is 0.343 e. The molecule has 7 nitrogen and oxygen atoms in total. The molecular weight excluding hydrogens is 372 g/mol. The molecule has 0 spiro atoms. The average Bonchev–Trinajstić information content (AvgIpc) is 2.97. The summed E-state index contributed by atoms with van der Waals surface area (Å²) < 4.78 is 17.6. The second-order valence-electron chi connectivity index (χ2n) is 6.19. The first-order chi connectivity index (χ1) is 13.0. The van der Waals surface area contributed by atoms with Crippen LogP contribution in [0.1, 0.15) is 46.2 Å². The molecule has 27 heavy (non-hydrogen) atoms. The van der Waals surface area contributed by atoms with Gasteiger partial charge in [-0.3, -0.25) is 9.48 Å². The van der Waals surface area contributed by atoms with E-state index >= 15 is 0 Å². The number of hydrogen-bond donors (Lipinski definition) is 0. The second-order valence-corrected chi connectivity index (χ2v) is 6.54. The van der Waals surface area contributed by atoms with E-state index in [9.17, 15) is 9.59 Å². The van der Waals surface area contributed by atoms with Gasteiger partial charge in [-0.25, -0.2) is 4.79 Å². The van der Waals surface area contributed by atoms with E-state index in [1.54, 1.807) is 29.8 Å². The molecular formula is C19H21ClN2O5. The number of hydrogen-bond acceptors (Lipinski definition) is 6. The molecule has 144 valence electrons. The lowest BCUT2D eigenvalue weighted by atomic mass is 10.1. The lowest BCUT2D eigenvalue weighted by Crippen LogP contribution is -2.17. The van der Waals surface area contributed by atoms with Crippen LogP contribution in [0.5, 0.6) is 11.5 Å². The maximum Gasteiger partial charge on any atom is 0.343 e. The Hall–Kier alpha value is -2.54. The van der Waals surface area contributed by atoms with Crippen molar-refractivity contribution >= 4 is 23.4 Å². The Morgan fingerprint density at radius 1 is 1.26 bits per heavy atom. The number of aryl methyl sites for hydroxylation is 2. The van der Waals surface area contributed by atoms with Crippen LogP contribution in [-0.2, 0) is 11.3 Å². The maximum absolute atomic E-state index is 12.4. The number of benzene rings is 1. The quantitative estimate of drug-likeness (QED) is 0.530. The van der Waals surface area contributed by atoms with Crippen molar-refractivity contribution in [3.8, 4) is 11.5 Å². The summed E-state index contributed by atoms with van der Waals surface area (Å²) >= 11 is 6.26. The number of fused-ring (bicyclic) bond motifs is 1. The average molecular weight is 393 g/mol. The first-order valence-corrected chi connectivity index (χ1v) is 9.22. The zero-order valence-electron chi connectivity index (χ0n) is 15.3. The number of halogens is 1. The van der Waals surface area contributed by atoms with E-state index in [1.165, 1.54) is 0 Å². The molecule has 0 saturated heterocycles. The molecule has 3 rings (SSSR count). The molecule has 1 aromatic carbocycles. The van der Waals surface area contributed by atoms with Crippen LogP contribution in [0.25, 0.3) is 0 Å². The van der Waals surface area contributed by atoms with Gasteiger partial charge >= 0.3 is 5.97 Å². The van der Waals surface area contributed by atoms with Gasteiger partial charge in [0, 0.05) is 12.1 Å². The standard InChI is InChI=1S/C19H21ClN2O5/c1-3-4-7-22-18(20)17(12(2)21-22)19(24)27-11-14(23)13-5-6-15-16(10-13)26-9-8-25-15/h5-6,10H,3-4,7-9,11H2,1-2H3. The number of nitrogens with zero attached hydrogens (tertiary/aromatic N) is 2. The van der Waals surface area contributed by atoms with Crippen molar-refractivity contribution in [2.75, 3.05) is 19.8 Å². The molecule has 2 heterocycles. The SMILES string of the molecule is CCCCn1nc(C)c(C(=O)OCC(=O)c2ccc3c(c2)OCCO3)c1Cl. The van der Waals surface area contributed by atoms with Gasteiger partial charge in [-0.1, -0.05) is 24.9 Å². The topological polar surface area (TPSA) is 79.7 Å². The van der Waals surface area contributed by atoms with E-state index in [1.807, 2.05) is 0 Å². The van der Waals surface area contributed by atoms with Crippen LogP contribution >= 0.6 is 11.6 Å². The third kappa shape index (κ3) is 4.24. The molecule has 2 aromatic rings. The molecule has 0 bridgehead atoms. The number of rotatable bonds is 7. The van der Waals surface area contributed by atoms with Gasteiger partial charge in [0.25, 0.3) is 0 Å². The van der Waals surface area contributed by atoms with Gasteiger partial charge < -0.3 is 14.2 Å². The number of ketones is 1. The minimum Gasteiger partial charge on any atom is -0.486 e. The highest BCUT2D eigenvalue weighted by atomic mass is 35.5. The monoisotopic (exact) mass is 392 g/mol. The van der Waals surface area contributed by atoms with E-state index < -0.39 is 12.6 Å². The predicted molar refractivity (Wildman–Crippen MR) is 98.9 cm³/mol. The Labute approximate surface area is 162 Å². The van der Waals surface area contributed by atoms with Gasteiger partial charge in [0.2, 0.25) is 0 Å². The van der Waals surface area contributed by atoms with Gasteiger partial charge in [-0.15, -0.1) is 0 Å². The van der Waals surface area contributed by atoms with Crippen LogP contribution in [0.15, 0.2) is 18.2 Å². The van der Waals surface area contributed by atoms with Crippen molar-refractivity contribution in [3.05, 3.63) is 40.2 Å². The molecule has 0 radical (unpaired) electrons. The molecule has 0 atom stereocenters. The van der Waals surface area contributed by atoms with Crippen LogP contribution in [0.2, 0.25) is 5.15 Å². The fraction of sp³-hybridized carbons (Fsp3) is 0.421. The molecule has 1 aliphatic heterocycles. The summed E-state index contributed by atoms with van der Waals surface area (Å²) in [6, 6.07) is 4.87. The van der Waals surface area contributed by atoms with Crippen LogP contribution in [0, 0.1) is 6.92 Å². The Balaban J connectivity index is 1.65. The van der Waals surface area contributed by atoms with E-state index in [0.717, 1.165) is 12.8 Å². The number of Topliss-reactive ketones (excluding diaryl/α,β-unsaturated/α-hetero) is 1. The summed E-state index contributed by atoms with van der Waals surface area (Å²) in [4.78, 5) is 24.7. The molecule has 1 aliphatic rings. The first kappa shape index (κ1) is 19.2. The fourth-order valence-corrected chi connectivity index (χ4v) is 3.08. The molecule has 8 heteroatoms. The molecule has 0 saturated carbocycles. The zero-order valence-corrected chi connectivity index (χ0v) is 16.0. The largest absolute Gasteiger partial charge is 0.486 e. The van der Waals surface area contributed by atoms with Crippen LogP contribution in [-0.4, -0.2) is 41.4 Å². The summed E-state index contributed by atoms with van der Waals surface area (Å²) in [6.07, 6.45) is 1.89. The predicted octanol–water partition coefficient (Wildman–Crippen LogP) is 3.46. The fourth-order valence-electron chi connectivity index (χ4n) is 2.74. The Kier molecular flexibility index (Phi) is 6.01. The molecule has 0 unspecified atom stereocenters.